The Labute approximate surface area is 176 Å². The van der Waals surface area contributed by atoms with Gasteiger partial charge in [-0.1, -0.05) is 18.2 Å². The standard InChI is InChI=1S/C23H38N4O2/c1-3-24-23(25-12-6-14-29-18-20-10-15-28-16-11-20)26-17-19(2)27-13-9-21-7-4-5-8-22(21)27/h4-5,7-8,19-20H,3,6,9-18H2,1-2H3,(H2,24,25,26). The van der Waals surface area contributed by atoms with E-state index >= 15 is 0 Å². The van der Waals surface area contributed by atoms with Crippen LogP contribution in [0.4, 0.5) is 5.69 Å². The normalized spacial score (nSPS) is 18.6. The number of hydrogen-bond acceptors (Lipinski definition) is 4. The summed E-state index contributed by atoms with van der Waals surface area (Å²) in [6.07, 6.45) is 4.39. The molecule has 6 heteroatoms. The Bertz CT molecular complexity index is 631. The Balaban J connectivity index is 1.36. The molecule has 1 saturated heterocycles. The zero-order valence-corrected chi connectivity index (χ0v) is 18.2. The third kappa shape index (κ3) is 6.89. The van der Waals surface area contributed by atoms with Crippen LogP contribution in [0.15, 0.2) is 29.3 Å². The minimum Gasteiger partial charge on any atom is -0.381 e. The summed E-state index contributed by atoms with van der Waals surface area (Å²) in [5.41, 5.74) is 2.82. The van der Waals surface area contributed by atoms with Crippen molar-refractivity contribution in [2.24, 2.45) is 10.9 Å². The highest BCUT2D eigenvalue weighted by Crippen LogP contribution is 2.29. The fourth-order valence-corrected chi connectivity index (χ4v) is 4.03. The molecule has 1 fully saturated rings. The Morgan fingerprint density at radius 2 is 2.10 bits per heavy atom. The molecule has 1 unspecified atom stereocenters. The number of guanidine groups is 1. The van der Waals surface area contributed by atoms with E-state index in [4.69, 9.17) is 14.5 Å². The third-order valence-corrected chi connectivity index (χ3v) is 5.77. The Morgan fingerprint density at radius 3 is 2.93 bits per heavy atom. The van der Waals surface area contributed by atoms with Crippen LogP contribution in [0.25, 0.3) is 0 Å². The van der Waals surface area contributed by atoms with E-state index in [0.29, 0.717) is 12.0 Å². The van der Waals surface area contributed by atoms with Gasteiger partial charge in [0.25, 0.3) is 0 Å². The fraction of sp³-hybridized carbons (Fsp3) is 0.696. The molecule has 1 aromatic rings. The second-order valence-electron chi connectivity index (χ2n) is 8.05. The number of anilines is 1. The lowest BCUT2D eigenvalue weighted by molar-refractivity contribution is 0.0203. The van der Waals surface area contributed by atoms with Crippen LogP contribution in [0.5, 0.6) is 0 Å². The number of para-hydroxylation sites is 1. The molecule has 0 aromatic heterocycles. The molecule has 2 heterocycles. The van der Waals surface area contributed by atoms with E-state index in [2.05, 4.69) is 53.6 Å². The van der Waals surface area contributed by atoms with Crippen molar-refractivity contribution >= 4 is 11.6 Å². The summed E-state index contributed by atoms with van der Waals surface area (Å²) in [4.78, 5) is 7.30. The quantitative estimate of drug-likeness (QED) is 0.358. The zero-order chi connectivity index (χ0) is 20.3. The lowest BCUT2D eigenvalue weighted by atomic mass is 10.0. The lowest BCUT2D eigenvalue weighted by Gasteiger charge is -2.26. The van der Waals surface area contributed by atoms with E-state index in [9.17, 15) is 0 Å². The predicted molar refractivity (Wildman–Crippen MR) is 120 cm³/mol. The van der Waals surface area contributed by atoms with Gasteiger partial charge >= 0.3 is 0 Å². The molecule has 2 aliphatic rings. The van der Waals surface area contributed by atoms with Crippen LogP contribution in [0, 0.1) is 5.92 Å². The molecular formula is C23H38N4O2. The van der Waals surface area contributed by atoms with E-state index in [0.717, 1.165) is 84.2 Å². The molecule has 162 valence electrons. The van der Waals surface area contributed by atoms with E-state index in [1.165, 1.54) is 11.3 Å². The maximum Gasteiger partial charge on any atom is 0.191 e. The van der Waals surface area contributed by atoms with Gasteiger partial charge in [-0.25, -0.2) is 0 Å². The summed E-state index contributed by atoms with van der Waals surface area (Å²) >= 11 is 0. The third-order valence-electron chi connectivity index (χ3n) is 5.77. The van der Waals surface area contributed by atoms with Gasteiger partial charge in [-0.2, -0.15) is 0 Å². The zero-order valence-electron chi connectivity index (χ0n) is 18.2. The fourth-order valence-electron chi connectivity index (χ4n) is 4.03. The molecule has 6 nitrogen and oxygen atoms in total. The van der Waals surface area contributed by atoms with Crippen LogP contribution in [-0.4, -0.2) is 64.6 Å². The maximum absolute atomic E-state index is 5.85. The average molecular weight is 403 g/mol. The minimum absolute atomic E-state index is 0.386. The van der Waals surface area contributed by atoms with Gasteiger partial charge in [-0.05, 0) is 57.1 Å². The van der Waals surface area contributed by atoms with E-state index < -0.39 is 0 Å². The van der Waals surface area contributed by atoms with Gasteiger partial charge in [0.1, 0.15) is 0 Å². The molecule has 2 N–H and O–H groups in total. The van der Waals surface area contributed by atoms with Crippen LogP contribution in [0.3, 0.4) is 0 Å². The number of nitrogens with zero attached hydrogens (tertiary/aromatic N) is 2. The monoisotopic (exact) mass is 402 g/mol. The Kier molecular flexibility index (Phi) is 9.09. The Morgan fingerprint density at radius 1 is 1.28 bits per heavy atom. The molecule has 0 spiro atoms. The number of fused-ring (bicyclic) bond motifs is 1. The van der Waals surface area contributed by atoms with Crippen LogP contribution >= 0.6 is 0 Å². The molecule has 0 bridgehead atoms. The summed E-state index contributed by atoms with van der Waals surface area (Å²) in [5, 5.41) is 6.80. The second kappa shape index (κ2) is 12.0. The average Bonchev–Trinajstić information content (AvgIpc) is 3.19. The number of ether oxygens (including phenoxy) is 2. The topological polar surface area (TPSA) is 58.1 Å². The van der Waals surface area contributed by atoms with Gasteiger partial charge < -0.3 is 25.0 Å². The highest BCUT2D eigenvalue weighted by Gasteiger charge is 2.22. The number of hydrogen-bond donors (Lipinski definition) is 2. The van der Waals surface area contributed by atoms with Crippen molar-refractivity contribution < 1.29 is 9.47 Å². The summed E-state index contributed by atoms with van der Waals surface area (Å²) in [5.74, 6) is 1.57. The molecule has 0 aliphatic carbocycles. The van der Waals surface area contributed by atoms with E-state index in [1.54, 1.807) is 0 Å². The van der Waals surface area contributed by atoms with Gasteiger partial charge in [0.2, 0.25) is 0 Å². The summed E-state index contributed by atoms with van der Waals surface area (Å²) in [6, 6.07) is 9.11. The molecule has 29 heavy (non-hydrogen) atoms. The van der Waals surface area contributed by atoms with Crippen molar-refractivity contribution in [3.05, 3.63) is 29.8 Å². The molecule has 0 radical (unpaired) electrons. The van der Waals surface area contributed by atoms with Crippen LogP contribution in [-0.2, 0) is 15.9 Å². The van der Waals surface area contributed by atoms with E-state index in [-0.39, 0.29) is 0 Å². The highest BCUT2D eigenvalue weighted by molar-refractivity contribution is 5.79. The van der Waals surface area contributed by atoms with Crippen molar-refractivity contribution in [2.75, 3.05) is 57.5 Å². The van der Waals surface area contributed by atoms with Crippen LogP contribution in [0.2, 0.25) is 0 Å². The summed E-state index contributed by atoms with van der Waals surface area (Å²) in [7, 11) is 0. The lowest BCUT2D eigenvalue weighted by Crippen LogP contribution is -2.40. The van der Waals surface area contributed by atoms with Crippen LogP contribution < -0.4 is 15.5 Å². The van der Waals surface area contributed by atoms with Gasteiger partial charge in [-0.3, -0.25) is 4.99 Å². The van der Waals surface area contributed by atoms with E-state index in [1.807, 2.05) is 0 Å². The molecule has 0 amide bonds. The molecule has 0 saturated carbocycles. The van der Waals surface area contributed by atoms with Gasteiger partial charge in [0.15, 0.2) is 5.96 Å². The first-order chi connectivity index (χ1) is 14.3. The molecule has 2 aliphatic heterocycles. The number of aliphatic imine (C=N–C) groups is 1. The number of nitrogens with one attached hydrogen (secondary N) is 2. The van der Waals surface area contributed by atoms with Crippen molar-refractivity contribution in [3.8, 4) is 0 Å². The van der Waals surface area contributed by atoms with Crippen LogP contribution in [0.1, 0.15) is 38.7 Å². The molecule has 1 aromatic carbocycles. The first kappa shape index (κ1) is 21.9. The van der Waals surface area contributed by atoms with Crippen molar-refractivity contribution in [2.45, 2.75) is 45.6 Å². The second-order valence-corrected chi connectivity index (χ2v) is 8.05. The Hall–Kier alpha value is -1.79. The molecular weight excluding hydrogens is 364 g/mol. The van der Waals surface area contributed by atoms with Gasteiger partial charge in [0, 0.05) is 57.8 Å². The van der Waals surface area contributed by atoms with Gasteiger partial charge in [0.05, 0.1) is 6.54 Å². The van der Waals surface area contributed by atoms with Crippen molar-refractivity contribution in [3.63, 3.8) is 0 Å². The maximum atomic E-state index is 5.85. The van der Waals surface area contributed by atoms with Crippen molar-refractivity contribution in [1.82, 2.24) is 10.6 Å². The van der Waals surface area contributed by atoms with Crippen molar-refractivity contribution in [1.29, 1.82) is 0 Å². The predicted octanol–water partition coefficient (Wildman–Crippen LogP) is 2.83. The first-order valence-corrected chi connectivity index (χ1v) is 11.3. The minimum atomic E-state index is 0.386. The SMILES string of the molecule is CCNC(=NCC(C)N1CCc2ccccc21)NCCCOCC1CCOCC1. The smallest absolute Gasteiger partial charge is 0.191 e. The first-order valence-electron chi connectivity index (χ1n) is 11.3. The number of benzene rings is 1. The van der Waals surface area contributed by atoms with Gasteiger partial charge in [-0.15, -0.1) is 0 Å². The summed E-state index contributed by atoms with van der Waals surface area (Å²) in [6.45, 7) is 11.4. The highest BCUT2D eigenvalue weighted by atomic mass is 16.5. The number of rotatable bonds is 10. The molecule has 3 rings (SSSR count). The largest absolute Gasteiger partial charge is 0.381 e. The molecule has 1 atom stereocenters. The summed E-state index contributed by atoms with van der Waals surface area (Å²) < 4.78 is 11.2.